The van der Waals surface area contributed by atoms with Crippen molar-refractivity contribution in [3.05, 3.63) is 46.4 Å². The third-order valence-corrected chi connectivity index (χ3v) is 3.88. The van der Waals surface area contributed by atoms with Gasteiger partial charge in [-0.2, -0.15) is 0 Å². The van der Waals surface area contributed by atoms with E-state index in [0.29, 0.717) is 5.39 Å². The lowest BCUT2D eigenvalue weighted by Crippen LogP contribution is -2.35. The molecule has 1 saturated heterocycles. The van der Waals surface area contributed by atoms with E-state index in [0.717, 1.165) is 10.9 Å². The van der Waals surface area contributed by atoms with Crippen LogP contribution in [0.3, 0.4) is 0 Å². The van der Waals surface area contributed by atoms with Gasteiger partial charge in [-0.1, -0.05) is 17.7 Å². The minimum Gasteiger partial charge on any atom is -0.394 e. The molecule has 2 heterocycles. The van der Waals surface area contributed by atoms with Gasteiger partial charge in [0.05, 0.1) is 6.61 Å². The summed E-state index contributed by atoms with van der Waals surface area (Å²) < 4.78 is 6.64. The molecule has 1 fully saturated rings. The lowest BCUT2D eigenvalue weighted by Gasteiger charge is -2.18. The first-order chi connectivity index (χ1) is 10.0. The summed E-state index contributed by atoms with van der Waals surface area (Å²) in [6, 6.07) is 7.23. The summed E-state index contributed by atoms with van der Waals surface area (Å²) in [4.78, 5) is 12.5. The van der Waals surface area contributed by atoms with Crippen molar-refractivity contribution in [2.75, 3.05) is 6.61 Å². The molecule has 1 aliphatic heterocycles. The topological polar surface area (TPSA) is 91.9 Å². The highest BCUT2D eigenvalue weighted by molar-refractivity contribution is 5.82. The van der Waals surface area contributed by atoms with Crippen LogP contribution in [-0.4, -0.2) is 44.8 Å². The van der Waals surface area contributed by atoms with Crippen LogP contribution in [0.25, 0.3) is 10.8 Å². The van der Waals surface area contributed by atoms with Gasteiger partial charge in [0.15, 0.2) is 6.23 Å². The van der Waals surface area contributed by atoms with Gasteiger partial charge in [-0.25, -0.2) is 0 Å². The molecule has 6 nitrogen and oxygen atoms in total. The quantitative estimate of drug-likeness (QED) is 0.720. The van der Waals surface area contributed by atoms with Crippen LogP contribution >= 0.6 is 0 Å². The van der Waals surface area contributed by atoms with Crippen LogP contribution < -0.4 is 5.56 Å². The van der Waals surface area contributed by atoms with Crippen LogP contribution in [0.1, 0.15) is 11.8 Å². The van der Waals surface area contributed by atoms with Crippen molar-refractivity contribution in [2.45, 2.75) is 31.5 Å². The van der Waals surface area contributed by atoms with E-state index in [2.05, 4.69) is 0 Å². The summed E-state index contributed by atoms with van der Waals surface area (Å²) in [6.45, 7) is 1.52. The number of pyridine rings is 1. The van der Waals surface area contributed by atoms with Crippen molar-refractivity contribution in [1.29, 1.82) is 0 Å². The summed E-state index contributed by atoms with van der Waals surface area (Å²) in [5.41, 5.74) is 0.745. The number of fused-ring (bicyclic) bond motifs is 1. The third kappa shape index (κ3) is 2.26. The Labute approximate surface area is 120 Å². The SMILES string of the molecule is Cc1ccc2c(=O)n([C@@H]3O[C@H](CO)[C@@H](O)[C@@H]3O)ccc2c1. The average molecular weight is 291 g/mol. The molecule has 3 rings (SSSR count). The maximum Gasteiger partial charge on any atom is 0.260 e. The van der Waals surface area contributed by atoms with Crippen molar-refractivity contribution in [2.24, 2.45) is 0 Å². The number of rotatable bonds is 2. The maximum atomic E-state index is 12.5. The van der Waals surface area contributed by atoms with Gasteiger partial charge in [-0.15, -0.1) is 0 Å². The molecule has 1 aliphatic rings. The van der Waals surface area contributed by atoms with Crippen LogP contribution in [-0.2, 0) is 4.74 Å². The number of aromatic nitrogens is 1. The molecule has 0 aliphatic carbocycles. The fraction of sp³-hybridized carbons (Fsp3) is 0.400. The smallest absolute Gasteiger partial charge is 0.260 e. The molecular formula is C15H17NO5. The summed E-state index contributed by atoms with van der Waals surface area (Å²) in [5, 5.41) is 30.2. The number of hydrogen-bond donors (Lipinski definition) is 3. The monoisotopic (exact) mass is 291 g/mol. The molecule has 0 unspecified atom stereocenters. The number of nitrogens with zero attached hydrogens (tertiary/aromatic N) is 1. The molecule has 1 aromatic heterocycles. The summed E-state index contributed by atoms with van der Waals surface area (Å²) >= 11 is 0. The van der Waals surface area contributed by atoms with Gasteiger partial charge in [0.2, 0.25) is 0 Å². The molecule has 1 aromatic carbocycles. The van der Waals surface area contributed by atoms with E-state index in [4.69, 9.17) is 9.84 Å². The standard InChI is InChI=1S/C15H17NO5/c1-8-2-3-10-9(6-8)4-5-16(14(10)20)15-13(19)12(18)11(7-17)21-15/h2-6,11-13,15,17-19H,7H2,1H3/t11-,12-,13+,15-/m1/s1. The number of aryl methyl sites for hydroxylation is 1. The maximum absolute atomic E-state index is 12.5. The molecule has 3 N–H and O–H groups in total. The zero-order valence-electron chi connectivity index (χ0n) is 11.5. The molecule has 4 atom stereocenters. The van der Waals surface area contributed by atoms with Crippen LogP contribution in [0.2, 0.25) is 0 Å². The highest BCUT2D eigenvalue weighted by Gasteiger charge is 2.43. The first-order valence-electron chi connectivity index (χ1n) is 6.77. The summed E-state index contributed by atoms with van der Waals surface area (Å²) in [6.07, 6.45) is -2.85. The molecule has 0 spiro atoms. The molecule has 21 heavy (non-hydrogen) atoms. The average Bonchev–Trinajstić information content (AvgIpc) is 2.75. The number of ether oxygens (including phenoxy) is 1. The van der Waals surface area contributed by atoms with E-state index < -0.39 is 31.1 Å². The first kappa shape index (κ1) is 14.2. The Morgan fingerprint density at radius 2 is 2.00 bits per heavy atom. The second-order valence-corrected chi connectivity index (χ2v) is 5.35. The Bertz CT molecular complexity index is 726. The highest BCUT2D eigenvalue weighted by Crippen LogP contribution is 2.28. The van der Waals surface area contributed by atoms with E-state index in [1.807, 2.05) is 19.1 Å². The predicted octanol–water partition coefficient (Wildman–Crippen LogP) is -0.0786. The van der Waals surface area contributed by atoms with Crippen LogP contribution in [0, 0.1) is 6.92 Å². The van der Waals surface area contributed by atoms with Gasteiger partial charge in [-0.05, 0) is 24.4 Å². The third-order valence-electron chi connectivity index (χ3n) is 3.88. The van der Waals surface area contributed by atoms with Gasteiger partial charge in [0.25, 0.3) is 5.56 Å². The van der Waals surface area contributed by atoms with Gasteiger partial charge in [0, 0.05) is 11.6 Å². The zero-order chi connectivity index (χ0) is 15.1. The van der Waals surface area contributed by atoms with Crippen LogP contribution in [0.5, 0.6) is 0 Å². The molecule has 2 aromatic rings. The fourth-order valence-corrected chi connectivity index (χ4v) is 2.69. The first-order valence-corrected chi connectivity index (χ1v) is 6.77. The Kier molecular flexibility index (Phi) is 3.54. The lowest BCUT2D eigenvalue weighted by atomic mass is 10.1. The van der Waals surface area contributed by atoms with Crippen molar-refractivity contribution in [3.8, 4) is 0 Å². The highest BCUT2D eigenvalue weighted by atomic mass is 16.6. The Balaban J connectivity index is 2.08. The fourth-order valence-electron chi connectivity index (χ4n) is 2.69. The molecule has 112 valence electrons. The Morgan fingerprint density at radius 3 is 2.67 bits per heavy atom. The minimum absolute atomic E-state index is 0.303. The van der Waals surface area contributed by atoms with E-state index in [9.17, 15) is 15.0 Å². The largest absolute Gasteiger partial charge is 0.394 e. The second kappa shape index (κ2) is 5.23. The van der Waals surface area contributed by atoms with E-state index in [1.54, 1.807) is 12.1 Å². The molecular weight excluding hydrogens is 274 g/mol. The lowest BCUT2D eigenvalue weighted by molar-refractivity contribution is -0.0541. The Hall–Kier alpha value is -1.73. The van der Waals surface area contributed by atoms with Crippen molar-refractivity contribution in [3.63, 3.8) is 0 Å². The van der Waals surface area contributed by atoms with Crippen molar-refractivity contribution < 1.29 is 20.1 Å². The minimum atomic E-state index is -1.26. The number of benzene rings is 1. The van der Waals surface area contributed by atoms with Crippen LogP contribution in [0.15, 0.2) is 35.3 Å². The van der Waals surface area contributed by atoms with Gasteiger partial charge in [0.1, 0.15) is 18.3 Å². The Morgan fingerprint density at radius 1 is 1.24 bits per heavy atom. The van der Waals surface area contributed by atoms with Gasteiger partial charge in [-0.3, -0.25) is 9.36 Å². The van der Waals surface area contributed by atoms with Gasteiger partial charge >= 0.3 is 0 Å². The molecule has 0 amide bonds. The van der Waals surface area contributed by atoms with Crippen LogP contribution in [0.4, 0.5) is 0 Å². The molecule has 0 saturated carbocycles. The second-order valence-electron chi connectivity index (χ2n) is 5.35. The summed E-state index contributed by atoms with van der Waals surface area (Å²) in [5.74, 6) is 0. The number of hydrogen-bond acceptors (Lipinski definition) is 5. The van der Waals surface area contributed by atoms with E-state index in [1.165, 1.54) is 10.8 Å². The van der Waals surface area contributed by atoms with Gasteiger partial charge < -0.3 is 20.1 Å². The summed E-state index contributed by atoms with van der Waals surface area (Å²) in [7, 11) is 0. The number of aliphatic hydroxyl groups is 3. The zero-order valence-corrected chi connectivity index (χ0v) is 11.5. The number of aliphatic hydroxyl groups excluding tert-OH is 3. The van der Waals surface area contributed by atoms with Crippen molar-refractivity contribution >= 4 is 10.8 Å². The van der Waals surface area contributed by atoms with Crippen molar-refractivity contribution in [1.82, 2.24) is 4.57 Å². The normalized spacial score (nSPS) is 29.1. The van der Waals surface area contributed by atoms with E-state index >= 15 is 0 Å². The molecule has 0 radical (unpaired) electrons. The predicted molar refractivity (Wildman–Crippen MR) is 76.0 cm³/mol. The molecule has 6 heteroatoms. The molecule has 0 bridgehead atoms. The van der Waals surface area contributed by atoms with E-state index in [-0.39, 0.29) is 5.56 Å².